The number of rotatable bonds is 6. The summed E-state index contributed by atoms with van der Waals surface area (Å²) in [5.41, 5.74) is 1.38. The highest BCUT2D eigenvalue weighted by Crippen LogP contribution is 2.30. The number of methoxy groups -OCH3 is 1. The third kappa shape index (κ3) is 5.14. The molecule has 0 bridgehead atoms. The number of hydrogen-bond donors (Lipinski definition) is 0. The summed E-state index contributed by atoms with van der Waals surface area (Å²) in [5.74, 6) is 1.64. The van der Waals surface area contributed by atoms with Crippen molar-refractivity contribution in [3.63, 3.8) is 0 Å². The quantitative estimate of drug-likeness (QED) is 0.450. The second kappa shape index (κ2) is 10.5. The third-order valence-electron chi connectivity index (χ3n) is 5.48. The lowest BCUT2D eigenvalue weighted by Gasteiger charge is -2.34. The van der Waals surface area contributed by atoms with Crippen molar-refractivity contribution in [2.24, 2.45) is 0 Å². The first-order valence-corrected chi connectivity index (χ1v) is 12.7. The Labute approximate surface area is 200 Å². The molecule has 1 aromatic carbocycles. The van der Waals surface area contributed by atoms with Gasteiger partial charge in [0.1, 0.15) is 5.75 Å². The Morgan fingerprint density at radius 3 is 2.48 bits per heavy atom. The van der Waals surface area contributed by atoms with Crippen LogP contribution in [0, 0.1) is 0 Å². The lowest BCUT2D eigenvalue weighted by Crippen LogP contribution is -2.51. The molecule has 0 spiro atoms. The summed E-state index contributed by atoms with van der Waals surface area (Å²) in [6.45, 7) is 3.90. The average Bonchev–Trinajstić information content (AvgIpc) is 3.32. The van der Waals surface area contributed by atoms with Crippen LogP contribution in [0.3, 0.4) is 0 Å². The summed E-state index contributed by atoms with van der Waals surface area (Å²) >= 11 is 2.79. The third-order valence-corrected chi connectivity index (χ3v) is 7.51. The van der Waals surface area contributed by atoms with Crippen LogP contribution in [0.1, 0.15) is 12.6 Å². The van der Waals surface area contributed by atoms with E-state index in [0.717, 1.165) is 17.9 Å². The molecule has 0 N–H and O–H groups in total. The van der Waals surface area contributed by atoms with Crippen molar-refractivity contribution in [2.45, 2.75) is 23.4 Å². The van der Waals surface area contributed by atoms with E-state index in [4.69, 9.17) is 14.5 Å². The summed E-state index contributed by atoms with van der Waals surface area (Å²) in [6.07, 6.45) is 0.401. The van der Waals surface area contributed by atoms with Gasteiger partial charge in [0, 0.05) is 38.4 Å². The molecule has 1 fully saturated rings. The molecule has 33 heavy (non-hydrogen) atoms. The number of aromatic nitrogens is 2. The number of thioether (sulfide) groups is 2. The lowest BCUT2D eigenvalue weighted by atomic mass is 10.3. The predicted octanol–water partition coefficient (Wildman–Crippen LogP) is 2.28. The highest BCUT2D eigenvalue weighted by atomic mass is 32.2. The van der Waals surface area contributed by atoms with Crippen LogP contribution in [0.4, 0.5) is 4.79 Å². The molecule has 1 aromatic heterocycles. The van der Waals surface area contributed by atoms with Crippen LogP contribution < -0.4 is 10.3 Å². The van der Waals surface area contributed by atoms with Crippen LogP contribution in [0.2, 0.25) is 0 Å². The van der Waals surface area contributed by atoms with E-state index >= 15 is 0 Å². The van der Waals surface area contributed by atoms with E-state index in [2.05, 4.69) is 0 Å². The van der Waals surface area contributed by atoms with Gasteiger partial charge >= 0.3 is 6.09 Å². The molecule has 2 amide bonds. The topological polar surface area (TPSA) is 94.0 Å². The standard InChI is InChI=1S/C22H26N4O5S2/c1-3-31-22(29)25-11-9-24(10-12-25)18(27)14-33-21-23-17-8-13-32-19(17)20(28)26(21)15-4-6-16(30-2)7-5-15/h4-7H,3,8-14H2,1-2H3. The molecule has 2 aliphatic rings. The fourth-order valence-electron chi connectivity index (χ4n) is 3.72. The highest BCUT2D eigenvalue weighted by Gasteiger charge is 2.26. The second-order valence-electron chi connectivity index (χ2n) is 7.46. The molecule has 2 aliphatic heterocycles. The van der Waals surface area contributed by atoms with E-state index in [1.165, 1.54) is 23.5 Å². The Morgan fingerprint density at radius 2 is 1.82 bits per heavy atom. The van der Waals surface area contributed by atoms with Crippen molar-refractivity contribution in [3.05, 3.63) is 40.3 Å². The summed E-state index contributed by atoms with van der Waals surface area (Å²) in [5, 5.41) is 0.505. The van der Waals surface area contributed by atoms with Gasteiger partial charge in [0.25, 0.3) is 5.56 Å². The lowest BCUT2D eigenvalue weighted by molar-refractivity contribution is -0.129. The Morgan fingerprint density at radius 1 is 1.12 bits per heavy atom. The van der Waals surface area contributed by atoms with E-state index in [1.807, 2.05) is 12.1 Å². The molecule has 9 nitrogen and oxygen atoms in total. The molecule has 0 saturated carbocycles. The molecule has 3 heterocycles. The maximum absolute atomic E-state index is 13.2. The number of hydrogen-bond acceptors (Lipinski definition) is 8. The van der Waals surface area contributed by atoms with Crippen molar-refractivity contribution in [2.75, 3.05) is 51.4 Å². The van der Waals surface area contributed by atoms with Gasteiger partial charge < -0.3 is 19.3 Å². The summed E-state index contributed by atoms with van der Waals surface area (Å²) in [4.78, 5) is 46.7. The summed E-state index contributed by atoms with van der Waals surface area (Å²) < 4.78 is 11.8. The first-order valence-electron chi connectivity index (χ1n) is 10.8. The van der Waals surface area contributed by atoms with Gasteiger partial charge in [-0.15, -0.1) is 11.8 Å². The van der Waals surface area contributed by atoms with Crippen LogP contribution in [-0.4, -0.2) is 82.8 Å². The van der Waals surface area contributed by atoms with E-state index < -0.39 is 0 Å². The van der Waals surface area contributed by atoms with Gasteiger partial charge in [0.15, 0.2) is 5.16 Å². The Bertz CT molecular complexity index is 1080. The number of carbonyl (C=O) groups excluding carboxylic acids is 2. The van der Waals surface area contributed by atoms with Gasteiger partial charge in [-0.3, -0.25) is 14.2 Å². The Balaban J connectivity index is 1.49. The maximum Gasteiger partial charge on any atom is 0.409 e. The monoisotopic (exact) mass is 490 g/mol. The van der Waals surface area contributed by atoms with Crippen LogP contribution in [0.15, 0.2) is 39.1 Å². The van der Waals surface area contributed by atoms with Gasteiger partial charge in [-0.2, -0.15) is 0 Å². The van der Waals surface area contributed by atoms with Crippen LogP contribution in [-0.2, 0) is 16.0 Å². The Hall–Kier alpha value is -2.66. The van der Waals surface area contributed by atoms with Crippen molar-refractivity contribution >= 4 is 35.5 Å². The number of benzene rings is 1. The number of fused-ring (bicyclic) bond motifs is 1. The average molecular weight is 491 g/mol. The number of amides is 2. The van der Waals surface area contributed by atoms with Gasteiger partial charge in [0.2, 0.25) is 5.91 Å². The van der Waals surface area contributed by atoms with Gasteiger partial charge in [-0.1, -0.05) is 11.8 Å². The minimum atomic E-state index is -0.345. The fourth-order valence-corrected chi connectivity index (χ4v) is 5.67. The van der Waals surface area contributed by atoms with Crippen molar-refractivity contribution in [3.8, 4) is 11.4 Å². The van der Waals surface area contributed by atoms with E-state index in [-0.39, 0.29) is 23.3 Å². The van der Waals surface area contributed by atoms with Crippen molar-refractivity contribution < 1.29 is 19.1 Å². The van der Waals surface area contributed by atoms with Gasteiger partial charge in [0.05, 0.1) is 35.7 Å². The first kappa shape index (κ1) is 23.5. The van der Waals surface area contributed by atoms with E-state index in [1.54, 1.807) is 40.5 Å². The number of piperazine rings is 1. The largest absolute Gasteiger partial charge is 0.497 e. The number of aryl methyl sites for hydroxylation is 1. The molecule has 0 atom stereocenters. The zero-order valence-electron chi connectivity index (χ0n) is 18.6. The normalized spacial score (nSPS) is 15.3. The molecule has 1 saturated heterocycles. The van der Waals surface area contributed by atoms with Crippen LogP contribution in [0.5, 0.6) is 5.75 Å². The molecule has 4 rings (SSSR count). The summed E-state index contributed by atoms with van der Waals surface area (Å²) in [7, 11) is 1.59. The summed E-state index contributed by atoms with van der Waals surface area (Å²) in [6, 6.07) is 7.22. The maximum atomic E-state index is 13.2. The molecule has 11 heteroatoms. The molecule has 0 radical (unpaired) electrons. The molecule has 0 unspecified atom stereocenters. The highest BCUT2D eigenvalue weighted by molar-refractivity contribution is 8.00. The minimum absolute atomic E-state index is 0.0473. The SMILES string of the molecule is CCOC(=O)N1CCN(C(=O)CSc2nc3c(c(=O)n2-c2ccc(OC)cc2)SCC3)CC1. The molecular weight excluding hydrogens is 464 g/mol. The zero-order valence-corrected chi connectivity index (χ0v) is 20.2. The zero-order chi connectivity index (χ0) is 23.4. The molecular formula is C22H26N4O5S2. The number of ether oxygens (including phenoxy) is 2. The Kier molecular flexibility index (Phi) is 7.49. The van der Waals surface area contributed by atoms with Gasteiger partial charge in [-0.25, -0.2) is 9.78 Å². The number of nitrogens with zero attached hydrogens (tertiary/aromatic N) is 4. The smallest absolute Gasteiger partial charge is 0.409 e. The molecule has 0 aliphatic carbocycles. The minimum Gasteiger partial charge on any atom is -0.497 e. The first-order chi connectivity index (χ1) is 16.0. The number of carbonyl (C=O) groups is 2. The fraction of sp³-hybridized carbons (Fsp3) is 0.455. The van der Waals surface area contributed by atoms with E-state index in [9.17, 15) is 14.4 Å². The molecule has 2 aromatic rings. The van der Waals surface area contributed by atoms with E-state index in [0.29, 0.717) is 54.3 Å². The molecule has 176 valence electrons. The van der Waals surface area contributed by atoms with Crippen molar-refractivity contribution in [1.82, 2.24) is 19.4 Å². The second-order valence-corrected chi connectivity index (χ2v) is 9.51. The predicted molar refractivity (Wildman–Crippen MR) is 127 cm³/mol. The van der Waals surface area contributed by atoms with Gasteiger partial charge in [-0.05, 0) is 31.2 Å². The van der Waals surface area contributed by atoms with Crippen LogP contribution >= 0.6 is 23.5 Å². The van der Waals surface area contributed by atoms with Crippen molar-refractivity contribution in [1.29, 1.82) is 0 Å². The van der Waals surface area contributed by atoms with Crippen LogP contribution in [0.25, 0.3) is 5.69 Å².